The van der Waals surface area contributed by atoms with Gasteiger partial charge in [-0.05, 0) is 68.9 Å². The first-order valence-electron chi connectivity index (χ1n) is 14.0. The minimum Gasteiger partial charge on any atom is -0.464 e. The van der Waals surface area contributed by atoms with E-state index in [9.17, 15) is 22.8 Å². The molecule has 3 N–H and O–H groups in total. The number of unbranched alkanes of at least 4 members (excludes halogenated alkanes) is 1. The van der Waals surface area contributed by atoms with Crippen molar-refractivity contribution >= 4 is 56.8 Å². The van der Waals surface area contributed by atoms with Gasteiger partial charge in [0.05, 0.1) is 17.4 Å². The fourth-order valence-corrected chi connectivity index (χ4v) is 7.01. The molecular weight excluding hydrogens is 605 g/mol. The number of benzene rings is 1. The van der Waals surface area contributed by atoms with Crippen molar-refractivity contribution < 1.29 is 27.5 Å². The van der Waals surface area contributed by atoms with Crippen molar-refractivity contribution in [3.8, 4) is 0 Å². The van der Waals surface area contributed by atoms with Crippen LogP contribution >= 0.6 is 23.2 Å². The summed E-state index contributed by atoms with van der Waals surface area (Å²) in [6, 6.07) is 7.04. The lowest BCUT2D eigenvalue weighted by atomic mass is 10.0. The van der Waals surface area contributed by atoms with E-state index in [1.165, 1.54) is 23.8 Å². The number of carbonyl (C=O) groups is 3. The zero-order chi connectivity index (χ0) is 30.3. The second kappa shape index (κ2) is 14.5. The number of fused-ring (bicyclic) bond motifs is 1. The van der Waals surface area contributed by atoms with Gasteiger partial charge in [0.2, 0.25) is 21.8 Å². The average molecular weight is 641 g/mol. The van der Waals surface area contributed by atoms with Crippen LogP contribution in [0.25, 0.3) is 0 Å². The number of halogens is 2. The standard InChI is InChI=1S/C28H35Cl2N5O6S/c1-2-41-28(38)24(15-32-25(36)8-4-3-7-22-10-9-18-6-5-11-31-26(18)33-22)34-27(37)19-16-35(17-19)42(39,40)23-13-20(29)12-21(30)14-23/h9-10,12-14,19,24H,2-8,11,15-17H2,1H3,(H,31,33)(H,32,36)(H,34,37). The quantitative estimate of drug-likeness (QED) is 0.224. The lowest BCUT2D eigenvalue weighted by molar-refractivity contribution is -0.148. The molecule has 2 aliphatic rings. The van der Waals surface area contributed by atoms with E-state index >= 15 is 0 Å². The van der Waals surface area contributed by atoms with E-state index in [4.69, 9.17) is 27.9 Å². The first-order valence-corrected chi connectivity index (χ1v) is 16.2. The minimum absolute atomic E-state index is 0.0677. The van der Waals surface area contributed by atoms with Crippen molar-refractivity contribution in [3.05, 3.63) is 51.6 Å². The zero-order valence-electron chi connectivity index (χ0n) is 23.3. The highest BCUT2D eigenvalue weighted by atomic mass is 35.5. The number of esters is 1. The summed E-state index contributed by atoms with van der Waals surface area (Å²) in [5, 5.41) is 8.97. The molecule has 4 rings (SSSR count). The summed E-state index contributed by atoms with van der Waals surface area (Å²) in [5.74, 6) is -1.17. The molecule has 0 radical (unpaired) electrons. The first-order chi connectivity index (χ1) is 20.1. The molecule has 1 fully saturated rings. The van der Waals surface area contributed by atoms with E-state index < -0.39 is 33.9 Å². The van der Waals surface area contributed by atoms with Gasteiger partial charge in [-0.3, -0.25) is 9.59 Å². The van der Waals surface area contributed by atoms with Gasteiger partial charge in [0.1, 0.15) is 11.9 Å². The minimum atomic E-state index is -3.89. The lowest BCUT2D eigenvalue weighted by Crippen LogP contribution is -2.59. The van der Waals surface area contributed by atoms with Crippen LogP contribution in [0.4, 0.5) is 5.82 Å². The van der Waals surface area contributed by atoms with Gasteiger partial charge in [-0.15, -0.1) is 0 Å². The maximum atomic E-state index is 12.9. The normalized spacial score (nSPS) is 16.0. The number of hydrogen-bond donors (Lipinski definition) is 3. The monoisotopic (exact) mass is 639 g/mol. The smallest absolute Gasteiger partial charge is 0.330 e. The molecule has 1 unspecified atom stereocenters. The van der Waals surface area contributed by atoms with E-state index in [0.717, 1.165) is 48.0 Å². The highest BCUT2D eigenvalue weighted by molar-refractivity contribution is 7.89. The van der Waals surface area contributed by atoms with Crippen LogP contribution in [-0.2, 0) is 42.0 Å². The molecule has 1 saturated heterocycles. The van der Waals surface area contributed by atoms with E-state index in [1.54, 1.807) is 6.92 Å². The van der Waals surface area contributed by atoms with Crippen LogP contribution in [0.2, 0.25) is 10.0 Å². The molecule has 0 spiro atoms. The maximum Gasteiger partial charge on any atom is 0.330 e. The van der Waals surface area contributed by atoms with Gasteiger partial charge in [0.25, 0.3) is 0 Å². The third-order valence-corrected chi connectivity index (χ3v) is 9.37. The number of nitrogens with one attached hydrogen (secondary N) is 3. The molecule has 1 aromatic carbocycles. The van der Waals surface area contributed by atoms with Crippen LogP contribution in [0, 0.1) is 5.92 Å². The Labute approximate surface area is 255 Å². The molecular formula is C28H35Cl2N5O6S. The summed E-state index contributed by atoms with van der Waals surface area (Å²) >= 11 is 11.9. The Morgan fingerprint density at radius 1 is 1.14 bits per heavy atom. The highest BCUT2D eigenvalue weighted by Crippen LogP contribution is 2.29. The molecule has 42 heavy (non-hydrogen) atoms. The average Bonchev–Trinajstić information content (AvgIpc) is 2.92. The van der Waals surface area contributed by atoms with Crippen molar-refractivity contribution in [1.29, 1.82) is 0 Å². The van der Waals surface area contributed by atoms with Crippen LogP contribution in [-0.4, -0.2) is 74.3 Å². The summed E-state index contributed by atoms with van der Waals surface area (Å²) in [6.45, 7) is 2.38. The van der Waals surface area contributed by atoms with Gasteiger partial charge in [0.15, 0.2) is 0 Å². The van der Waals surface area contributed by atoms with Crippen LogP contribution in [0.15, 0.2) is 35.2 Å². The molecule has 2 aromatic rings. The number of hydrogen-bond acceptors (Lipinski definition) is 8. The number of anilines is 1. The highest BCUT2D eigenvalue weighted by Gasteiger charge is 2.41. The van der Waals surface area contributed by atoms with Crippen molar-refractivity contribution in [2.45, 2.75) is 56.4 Å². The molecule has 3 heterocycles. The summed E-state index contributed by atoms with van der Waals surface area (Å²) in [6.07, 6.45) is 4.56. The molecule has 228 valence electrons. The lowest BCUT2D eigenvalue weighted by Gasteiger charge is -2.37. The van der Waals surface area contributed by atoms with Crippen LogP contribution in [0.1, 0.15) is 43.9 Å². The molecule has 2 aliphatic heterocycles. The first kappa shape index (κ1) is 32.0. The SMILES string of the molecule is CCOC(=O)C(CNC(=O)CCCCc1ccc2c(n1)NCCC2)NC(=O)C1CN(S(=O)(=O)c2cc(Cl)cc(Cl)c2)C1. The summed E-state index contributed by atoms with van der Waals surface area (Å²) in [7, 11) is -3.89. The molecule has 1 aromatic heterocycles. The summed E-state index contributed by atoms with van der Waals surface area (Å²) in [4.78, 5) is 42.4. The third-order valence-electron chi connectivity index (χ3n) is 7.12. The number of amides is 2. The molecule has 0 bridgehead atoms. The maximum absolute atomic E-state index is 12.9. The Bertz CT molecular complexity index is 1400. The second-order valence-corrected chi connectivity index (χ2v) is 13.1. The van der Waals surface area contributed by atoms with E-state index in [2.05, 4.69) is 27.0 Å². The Morgan fingerprint density at radius 2 is 1.88 bits per heavy atom. The van der Waals surface area contributed by atoms with Gasteiger partial charge in [-0.1, -0.05) is 29.3 Å². The second-order valence-electron chi connectivity index (χ2n) is 10.3. The Morgan fingerprint density at radius 3 is 2.60 bits per heavy atom. The molecule has 1 atom stereocenters. The number of pyridine rings is 1. The number of carbonyl (C=O) groups excluding carboxylic acids is 3. The largest absolute Gasteiger partial charge is 0.464 e. The van der Waals surface area contributed by atoms with Crippen molar-refractivity contribution in [2.24, 2.45) is 5.92 Å². The van der Waals surface area contributed by atoms with Crippen LogP contribution in [0.5, 0.6) is 0 Å². The number of aromatic nitrogens is 1. The Kier molecular flexibility index (Phi) is 11.0. The molecule has 2 amide bonds. The molecule has 0 saturated carbocycles. The van der Waals surface area contributed by atoms with E-state index in [0.29, 0.717) is 6.42 Å². The van der Waals surface area contributed by atoms with Gasteiger partial charge < -0.3 is 20.7 Å². The number of aryl methyl sites for hydroxylation is 2. The van der Waals surface area contributed by atoms with Crippen LogP contribution in [0.3, 0.4) is 0 Å². The van der Waals surface area contributed by atoms with E-state index in [1.807, 2.05) is 6.07 Å². The molecule has 14 heteroatoms. The van der Waals surface area contributed by atoms with Crippen LogP contribution < -0.4 is 16.0 Å². The van der Waals surface area contributed by atoms with Crippen molar-refractivity contribution in [2.75, 3.05) is 38.1 Å². The fraction of sp³-hybridized carbons (Fsp3) is 0.500. The topological polar surface area (TPSA) is 147 Å². The summed E-state index contributed by atoms with van der Waals surface area (Å²) < 4.78 is 31.9. The predicted molar refractivity (Wildman–Crippen MR) is 159 cm³/mol. The number of nitrogens with zero attached hydrogens (tertiary/aromatic N) is 2. The van der Waals surface area contributed by atoms with Gasteiger partial charge in [-0.2, -0.15) is 4.31 Å². The van der Waals surface area contributed by atoms with Gasteiger partial charge in [0, 0.05) is 48.3 Å². The van der Waals surface area contributed by atoms with Crippen molar-refractivity contribution in [3.63, 3.8) is 0 Å². The Hall–Kier alpha value is -2.93. The molecule has 11 nitrogen and oxygen atoms in total. The predicted octanol–water partition coefficient (Wildman–Crippen LogP) is 2.94. The van der Waals surface area contributed by atoms with Gasteiger partial charge >= 0.3 is 5.97 Å². The number of ether oxygens (including phenoxy) is 1. The fourth-order valence-electron chi connectivity index (χ4n) is 4.76. The Balaban J connectivity index is 1.22. The third kappa shape index (κ3) is 8.33. The number of rotatable bonds is 13. The van der Waals surface area contributed by atoms with Crippen molar-refractivity contribution in [1.82, 2.24) is 19.9 Å². The molecule has 0 aliphatic carbocycles. The number of sulfonamides is 1. The zero-order valence-corrected chi connectivity index (χ0v) is 25.7. The van der Waals surface area contributed by atoms with E-state index in [-0.39, 0.29) is 53.5 Å². The van der Waals surface area contributed by atoms with Gasteiger partial charge in [-0.25, -0.2) is 18.2 Å². The summed E-state index contributed by atoms with van der Waals surface area (Å²) in [5.41, 5.74) is 2.21.